The Labute approximate surface area is 159 Å². The molecule has 8 heteroatoms. The van der Waals surface area contributed by atoms with Gasteiger partial charge in [0.1, 0.15) is 6.54 Å². The van der Waals surface area contributed by atoms with Crippen LogP contribution in [-0.4, -0.2) is 28.3 Å². The fourth-order valence-corrected chi connectivity index (χ4v) is 2.64. The number of esters is 1. The maximum Gasteiger partial charge on any atom is 0.420 e. The minimum Gasteiger partial charge on any atom is -0.451 e. The van der Waals surface area contributed by atoms with Gasteiger partial charge in [-0.25, -0.2) is 4.79 Å². The third kappa shape index (κ3) is 4.17. The van der Waals surface area contributed by atoms with Gasteiger partial charge in [0, 0.05) is 11.3 Å². The minimum atomic E-state index is -1.10. The molecular weight excluding hydrogens is 364 g/mol. The number of hydrogen-bond donors (Lipinski definition) is 1. The predicted molar refractivity (Wildman–Crippen MR) is 101 cm³/mol. The van der Waals surface area contributed by atoms with E-state index in [0.717, 1.165) is 4.57 Å². The number of aromatic nitrogens is 1. The Morgan fingerprint density at radius 2 is 1.89 bits per heavy atom. The molecule has 0 saturated carbocycles. The molecule has 1 N–H and O–H groups in total. The molecule has 0 aliphatic rings. The molecule has 1 amide bonds. The van der Waals surface area contributed by atoms with E-state index in [4.69, 9.17) is 9.15 Å². The van der Waals surface area contributed by atoms with Crippen molar-refractivity contribution in [3.8, 4) is 0 Å². The SMILES string of the molecule is CC(=O)c1cccc(NC(=O)C(C)OC(=O)Cn2c(=O)oc3ccccc32)c1. The van der Waals surface area contributed by atoms with Crippen LogP contribution in [0.15, 0.2) is 57.7 Å². The molecule has 0 spiro atoms. The summed E-state index contributed by atoms with van der Waals surface area (Å²) >= 11 is 0. The molecule has 1 aromatic heterocycles. The highest BCUT2D eigenvalue weighted by Gasteiger charge is 2.20. The fourth-order valence-electron chi connectivity index (χ4n) is 2.64. The van der Waals surface area contributed by atoms with Gasteiger partial charge in [-0.2, -0.15) is 0 Å². The summed E-state index contributed by atoms with van der Waals surface area (Å²) < 4.78 is 11.3. The van der Waals surface area contributed by atoms with Gasteiger partial charge in [0.15, 0.2) is 17.5 Å². The van der Waals surface area contributed by atoms with Crippen molar-refractivity contribution < 1.29 is 23.5 Å². The van der Waals surface area contributed by atoms with Crippen LogP contribution >= 0.6 is 0 Å². The zero-order chi connectivity index (χ0) is 20.3. The molecule has 28 heavy (non-hydrogen) atoms. The number of nitrogens with zero attached hydrogens (tertiary/aromatic N) is 1. The topological polar surface area (TPSA) is 108 Å². The lowest BCUT2D eigenvalue weighted by Gasteiger charge is -2.14. The molecule has 0 aliphatic carbocycles. The van der Waals surface area contributed by atoms with Crippen LogP contribution in [0.2, 0.25) is 0 Å². The van der Waals surface area contributed by atoms with Crippen molar-refractivity contribution in [2.24, 2.45) is 0 Å². The first-order valence-corrected chi connectivity index (χ1v) is 8.55. The summed E-state index contributed by atoms with van der Waals surface area (Å²) in [5.74, 6) is -2.13. The van der Waals surface area contributed by atoms with Gasteiger partial charge in [-0.15, -0.1) is 0 Å². The molecule has 1 unspecified atom stereocenters. The Hall–Kier alpha value is -3.68. The summed E-state index contributed by atoms with van der Waals surface area (Å²) in [4.78, 5) is 47.7. The number of nitrogens with one attached hydrogen (secondary N) is 1. The van der Waals surface area contributed by atoms with Crippen LogP contribution < -0.4 is 11.1 Å². The van der Waals surface area contributed by atoms with Crippen molar-refractivity contribution in [3.05, 3.63) is 64.6 Å². The van der Waals surface area contributed by atoms with Crippen LogP contribution in [0.1, 0.15) is 24.2 Å². The number of anilines is 1. The van der Waals surface area contributed by atoms with Gasteiger partial charge in [0.05, 0.1) is 5.52 Å². The average molecular weight is 382 g/mol. The van der Waals surface area contributed by atoms with Gasteiger partial charge >= 0.3 is 11.7 Å². The molecule has 0 radical (unpaired) electrons. The van der Waals surface area contributed by atoms with Gasteiger partial charge in [-0.3, -0.25) is 19.0 Å². The van der Waals surface area contributed by atoms with Crippen molar-refractivity contribution in [1.82, 2.24) is 4.57 Å². The number of carbonyl (C=O) groups is 3. The number of ketones is 1. The summed E-state index contributed by atoms with van der Waals surface area (Å²) in [5.41, 5.74) is 1.69. The molecule has 0 aliphatic heterocycles. The molecule has 1 heterocycles. The maximum atomic E-state index is 12.3. The number of carbonyl (C=O) groups excluding carboxylic acids is 3. The van der Waals surface area contributed by atoms with E-state index in [0.29, 0.717) is 22.4 Å². The van der Waals surface area contributed by atoms with E-state index >= 15 is 0 Å². The summed E-state index contributed by atoms with van der Waals surface area (Å²) in [5, 5.41) is 2.59. The second-order valence-electron chi connectivity index (χ2n) is 6.18. The van der Waals surface area contributed by atoms with Gasteiger partial charge in [-0.05, 0) is 38.1 Å². The first-order valence-electron chi connectivity index (χ1n) is 8.55. The second kappa shape index (κ2) is 7.91. The lowest BCUT2D eigenvalue weighted by molar-refractivity contribution is -0.153. The highest BCUT2D eigenvalue weighted by molar-refractivity contribution is 5.98. The zero-order valence-corrected chi connectivity index (χ0v) is 15.3. The quantitative estimate of drug-likeness (QED) is 0.518. The van der Waals surface area contributed by atoms with E-state index in [-0.39, 0.29) is 12.3 Å². The predicted octanol–water partition coefficient (Wildman–Crippen LogP) is 2.37. The molecule has 0 bridgehead atoms. The van der Waals surface area contributed by atoms with Crippen molar-refractivity contribution in [1.29, 1.82) is 0 Å². The molecule has 1 atom stereocenters. The Bertz CT molecular complexity index is 1110. The number of benzene rings is 2. The molecule has 0 saturated heterocycles. The number of rotatable bonds is 6. The highest BCUT2D eigenvalue weighted by atomic mass is 16.5. The molecule has 2 aromatic carbocycles. The van der Waals surface area contributed by atoms with Crippen LogP contribution in [0.4, 0.5) is 5.69 Å². The van der Waals surface area contributed by atoms with Crippen molar-refractivity contribution in [2.45, 2.75) is 26.5 Å². The molecule has 3 aromatic rings. The fraction of sp³-hybridized carbons (Fsp3) is 0.200. The molecule has 3 rings (SSSR count). The van der Waals surface area contributed by atoms with E-state index in [1.54, 1.807) is 42.5 Å². The van der Waals surface area contributed by atoms with Gasteiger partial charge < -0.3 is 14.5 Å². The number of ether oxygens (including phenoxy) is 1. The lowest BCUT2D eigenvalue weighted by Crippen LogP contribution is -2.32. The van der Waals surface area contributed by atoms with E-state index in [2.05, 4.69) is 5.32 Å². The minimum absolute atomic E-state index is 0.131. The van der Waals surface area contributed by atoms with Crippen molar-refractivity contribution >= 4 is 34.4 Å². The van der Waals surface area contributed by atoms with Crippen LogP contribution in [0, 0.1) is 0 Å². The van der Waals surface area contributed by atoms with E-state index in [1.807, 2.05) is 0 Å². The Kier molecular flexibility index (Phi) is 5.39. The number of oxazole rings is 1. The van der Waals surface area contributed by atoms with E-state index < -0.39 is 23.7 Å². The smallest absolute Gasteiger partial charge is 0.420 e. The Balaban J connectivity index is 1.64. The Morgan fingerprint density at radius 3 is 2.64 bits per heavy atom. The van der Waals surface area contributed by atoms with E-state index in [9.17, 15) is 19.2 Å². The number of para-hydroxylation sites is 2. The first kappa shape index (κ1) is 19.1. The standard InChI is InChI=1S/C20H18N2O6/c1-12(23)14-6-5-7-15(10-14)21-19(25)13(2)27-18(24)11-22-16-8-3-4-9-17(16)28-20(22)26/h3-10,13H,11H2,1-2H3,(H,21,25). The largest absolute Gasteiger partial charge is 0.451 e. The highest BCUT2D eigenvalue weighted by Crippen LogP contribution is 2.13. The monoisotopic (exact) mass is 382 g/mol. The maximum absolute atomic E-state index is 12.3. The third-order valence-corrected chi connectivity index (χ3v) is 4.08. The van der Waals surface area contributed by atoms with Crippen molar-refractivity contribution in [2.75, 3.05) is 5.32 Å². The van der Waals surface area contributed by atoms with Gasteiger partial charge in [-0.1, -0.05) is 24.3 Å². The normalized spacial score (nSPS) is 11.8. The molecular formula is C20H18N2O6. The number of amides is 1. The van der Waals surface area contributed by atoms with Crippen LogP contribution in [0.5, 0.6) is 0 Å². The molecule has 8 nitrogen and oxygen atoms in total. The van der Waals surface area contributed by atoms with Crippen molar-refractivity contribution in [3.63, 3.8) is 0 Å². The number of fused-ring (bicyclic) bond motifs is 1. The first-order chi connectivity index (χ1) is 13.3. The zero-order valence-electron chi connectivity index (χ0n) is 15.3. The average Bonchev–Trinajstić information content (AvgIpc) is 2.97. The number of Topliss-reactive ketones (excluding diaryl/α,β-unsaturated/α-hetero) is 1. The van der Waals surface area contributed by atoms with E-state index in [1.165, 1.54) is 19.9 Å². The summed E-state index contributed by atoms with van der Waals surface area (Å²) in [6.45, 7) is 2.46. The van der Waals surface area contributed by atoms with Gasteiger partial charge in [0.2, 0.25) is 0 Å². The lowest BCUT2D eigenvalue weighted by atomic mass is 10.1. The van der Waals surface area contributed by atoms with Crippen LogP contribution in [0.25, 0.3) is 11.1 Å². The number of hydrogen-bond acceptors (Lipinski definition) is 6. The van der Waals surface area contributed by atoms with Crippen LogP contribution in [-0.2, 0) is 20.9 Å². The summed E-state index contributed by atoms with van der Waals surface area (Å²) in [6, 6.07) is 13.1. The Morgan fingerprint density at radius 1 is 1.14 bits per heavy atom. The third-order valence-electron chi connectivity index (χ3n) is 4.08. The summed E-state index contributed by atoms with van der Waals surface area (Å²) in [7, 11) is 0. The van der Waals surface area contributed by atoms with Gasteiger partial charge in [0.25, 0.3) is 5.91 Å². The molecule has 0 fully saturated rings. The molecule has 144 valence electrons. The second-order valence-corrected chi connectivity index (χ2v) is 6.18. The summed E-state index contributed by atoms with van der Waals surface area (Å²) in [6.07, 6.45) is -1.10. The van der Waals surface area contributed by atoms with Crippen LogP contribution in [0.3, 0.4) is 0 Å².